The van der Waals surface area contributed by atoms with Crippen LogP contribution >= 0.6 is 0 Å². The molecular formula is C16H26FeSe2Si2. The smallest absolute Gasteiger partial charge is 2.00 e. The first-order chi connectivity index (χ1) is 9.16. The van der Waals surface area contributed by atoms with Crippen molar-refractivity contribution in [3.8, 4) is 0 Å². The first-order valence-corrected chi connectivity index (χ1v) is 20.6. The maximum atomic E-state index is 2.43. The molecule has 0 atom stereocenters. The summed E-state index contributed by atoms with van der Waals surface area (Å²) >= 11 is 1.55. The summed E-state index contributed by atoms with van der Waals surface area (Å²) in [5.41, 5.74) is 0. The molecule has 2 rings (SSSR count). The van der Waals surface area contributed by atoms with Gasteiger partial charge in [-0.3, -0.25) is 0 Å². The van der Waals surface area contributed by atoms with Crippen LogP contribution in [0, 0.1) is 0 Å². The van der Waals surface area contributed by atoms with E-state index in [0.717, 1.165) is 28.6 Å². The van der Waals surface area contributed by atoms with E-state index in [-0.39, 0.29) is 17.1 Å². The fraction of sp³-hybridized carbons (Fsp3) is 0.375. The van der Waals surface area contributed by atoms with E-state index in [1.165, 1.54) is 0 Å². The van der Waals surface area contributed by atoms with Crippen LogP contribution in [0.2, 0.25) is 39.3 Å². The molecule has 21 heavy (non-hydrogen) atoms. The molecule has 0 aliphatic heterocycles. The van der Waals surface area contributed by atoms with E-state index in [4.69, 9.17) is 0 Å². The summed E-state index contributed by atoms with van der Waals surface area (Å²) in [5, 5.41) is 0. The summed E-state index contributed by atoms with van der Waals surface area (Å²) in [6.45, 7) is 13.0. The molecule has 5 heteroatoms. The summed E-state index contributed by atoms with van der Waals surface area (Å²) in [6.07, 6.45) is 0. The van der Waals surface area contributed by atoms with Gasteiger partial charge in [0.25, 0.3) is 0 Å². The molecule has 2 aromatic carbocycles. The van der Waals surface area contributed by atoms with Crippen LogP contribution in [0.25, 0.3) is 0 Å². The molecule has 0 unspecified atom stereocenters. The molecule has 0 radical (unpaired) electrons. The van der Waals surface area contributed by atoms with Gasteiger partial charge in [-0.2, -0.15) is 0 Å². The van der Waals surface area contributed by atoms with Crippen molar-refractivity contribution in [3.63, 3.8) is 0 Å². The summed E-state index contributed by atoms with van der Waals surface area (Å²) in [5.74, 6) is 0. The molecule has 118 valence electrons. The van der Waals surface area contributed by atoms with Crippen LogP contribution in [0.3, 0.4) is 0 Å². The summed E-state index contributed by atoms with van der Waals surface area (Å²) < 4.78 is 3.15. The fourth-order valence-corrected chi connectivity index (χ4v) is 14.5. The van der Waals surface area contributed by atoms with Crippen molar-refractivity contribution >= 4 is 50.9 Å². The van der Waals surface area contributed by atoms with Gasteiger partial charge < -0.3 is 0 Å². The van der Waals surface area contributed by atoms with Gasteiger partial charge in [-0.15, -0.1) is 0 Å². The Hall–Kier alpha value is 0.692. The minimum atomic E-state index is -0.799. The van der Waals surface area contributed by atoms with E-state index in [0.29, 0.717) is 0 Å². The van der Waals surface area contributed by atoms with E-state index in [1.54, 1.807) is 8.92 Å². The Morgan fingerprint density at radius 2 is 0.810 bits per heavy atom. The first-order valence-electron chi connectivity index (χ1n) is 6.97. The van der Waals surface area contributed by atoms with Crippen molar-refractivity contribution in [2.45, 2.75) is 39.3 Å². The zero-order valence-corrected chi connectivity index (χ0v) is 20.3. The molecule has 0 spiro atoms. The van der Waals surface area contributed by atoms with Gasteiger partial charge in [0.15, 0.2) is 0 Å². The minimum Gasteiger partial charge on any atom is 2.00 e. The van der Waals surface area contributed by atoms with Crippen LogP contribution in [-0.2, 0) is 17.1 Å². The van der Waals surface area contributed by atoms with Crippen LogP contribution < -0.4 is 8.92 Å². The quantitative estimate of drug-likeness (QED) is 0.459. The molecule has 0 heterocycles. The van der Waals surface area contributed by atoms with Crippen molar-refractivity contribution < 1.29 is 17.1 Å². The largest absolute Gasteiger partial charge is 2.00 e. The predicted octanol–water partition coefficient (Wildman–Crippen LogP) is 3.14. The molecule has 0 bridgehead atoms. The van der Waals surface area contributed by atoms with E-state index < -0.39 is 13.4 Å². The van der Waals surface area contributed by atoms with E-state index >= 15 is 0 Å². The zero-order valence-electron chi connectivity index (χ0n) is 13.8. The third kappa shape index (κ3) is 11.9. The Morgan fingerprint density at radius 1 is 0.571 bits per heavy atom. The van der Waals surface area contributed by atoms with Gasteiger partial charge in [-0.05, 0) is 0 Å². The third-order valence-electron chi connectivity index (χ3n) is 2.11. The molecular weight excluding hydrogens is 462 g/mol. The van der Waals surface area contributed by atoms with Crippen LogP contribution in [0.15, 0.2) is 48.5 Å². The van der Waals surface area contributed by atoms with Crippen molar-refractivity contribution in [1.82, 2.24) is 0 Å². The zero-order chi connectivity index (χ0) is 15.2. The van der Waals surface area contributed by atoms with E-state index in [9.17, 15) is 0 Å². The van der Waals surface area contributed by atoms with Gasteiger partial charge in [0.05, 0.1) is 0 Å². The van der Waals surface area contributed by atoms with Gasteiger partial charge in [0.1, 0.15) is 0 Å². The van der Waals surface area contributed by atoms with Crippen molar-refractivity contribution in [2.24, 2.45) is 0 Å². The summed E-state index contributed by atoms with van der Waals surface area (Å²) in [6, 6.07) is 17.5. The number of rotatable bonds is 4. The monoisotopic (exact) mass is 490 g/mol. The average Bonchev–Trinajstić information content (AvgIpc) is 2.87. The maximum absolute atomic E-state index is 2.43. The van der Waals surface area contributed by atoms with Gasteiger partial charge in [-0.1, -0.05) is 0 Å². The minimum absolute atomic E-state index is 0. The van der Waals surface area contributed by atoms with Crippen molar-refractivity contribution in [2.75, 3.05) is 0 Å². The van der Waals surface area contributed by atoms with Gasteiger partial charge >= 0.3 is 156 Å². The van der Waals surface area contributed by atoms with Crippen molar-refractivity contribution in [3.05, 3.63) is 48.5 Å². The molecule has 2 aromatic rings. The average molecular weight is 488 g/mol. The van der Waals surface area contributed by atoms with Crippen LogP contribution in [0.4, 0.5) is 0 Å². The Bertz CT molecular complexity index is 419. The predicted molar refractivity (Wildman–Crippen MR) is 102 cm³/mol. The number of hydrogen-bond acceptors (Lipinski definition) is 0. The van der Waals surface area contributed by atoms with Crippen molar-refractivity contribution in [1.29, 1.82) is 0 Å². The Morgan fingerprint density at radius 3 is 1.00 bits per heavy atom. The van der Waals surface area contributed by atoms with Gasteiger partial charge in [-0.25, -0.2) is 0 Å². The standard InChI is InChI=1S/2C8H13SeSi.Fe/c2*1-10(2,3)9-8-6-4-5-7-8;/h2*4-7H,1-3H3;/q2*-1;+2. The molecule has 0 fully saturated rings. The normalized spacial score (nSPS) is 11.3. The molecule has 0 saturated heterocycles. The van der Waals surface area contributed by atoms with Gasteiger partial charge in [0.2, 0.25) is 0 Å². The molecule has 0 aromatic heterocycles. The Kier molecular flexibility index (Phi) is 10.1. The second-order valence-electron chi connectivity index (χ2n) is 6.67. The topological polar surface area (TPSA) is 0 Å². The second-order valence-corrected chi connectivity index (χ2v) is 35.5. The van der Waals surface area contributed by atoms with Crippen LogP contribution in [0.5, 0.6) is 0 Å². The van der Waals surface area contributed by atoms with E-state index in [1.807, 2.05) is 0 Å². The van der Waals surface area contributed by atoms with Crippen LogP contribution in [0.1, 0.15) is 0 Å². The molecule has 0 N–H and O–H groups in total. The maximum Gasteiger partial charge on any atom is 2.00 e. The third-order valence-corrected chi connectivity index (χ3v) is 15.6. The molecule has 0 aliphatic rings. The van der Waals surface area contributed by atoms with E-state index in [2.05, 4.69) is 87.8 Å². The Balaban J connectivity index is 0.000000364. The second kappa shape index (κ2) is 9.75. The molecule has 0 aliphatic carbocycles. The molecule has 0 nitrogen and oxygen atoms in total. The SMILES string of the molecule is C[Si](C)(C)[Se][c-]1cccc1.C[Si](C)(C)[Se][c-]1cccc1.[Fe+2]. The number of hydrogen-bond donors (Lipinski definition) is 0. The first kappa shape index (κ1) is 21.7. The molecule has 0 saturated carbocycles. The summed E-state index contributed by atoms with van der Waals surface area (Å²) in [4.78, 5) is 0. The molecule has 0 amide bonds. The van der Waals surface area contributed by atoms with Crippen LogP contribution in [-0.4, -0.2) is 42.0 Å². The fourth-order valence-electron chi connectivity index (χ4n) is 1.56. The van der Waals surface area contributed by atoms with Gasteiger partial charge in [0, 0.05) is 0 Å². The Labute approximate surface area is 154 Å². The summed E-state index contributed by atoms with van der Waals surface area (Å²) in [7, 11) is 0.